The first-order valence-corrected chi connectivity index (χ1v) is 9.92. The van der Waals surface area contributed by atoms with Crippen molar-refractivity contribution in [2.24, 2.45) is 0 Å². The van der Waals surface area contributed by atoms with Gasteiger partial charge in [0.2, 0.25) is 0 Å². The number of amides is 2. The van der Waals surface area contributed by atoms with Gasteiger partial charge in [0, 0.05) is 24.7 Å². The molecule has 1 aliphatic rings. The number of likely N-dealkylation sites (tertiary alicyclic amines) is 1. The van der Waals surface area contributed by atoms with Crippen LogP contribution in [0.1, 0.15) is 41.9 Å². The maximum atomic E-state index is 12.6. The van der Waals surface area contributed by atoms with Crippen LogP contribution in [-0.4, -0.2) is 46.6 Å². The first-order valence-electron chi connectivity index (χ1n) is 9.92. The predicted molar refractivity (Wildman–Crippen MR) is 111 cm³/mol. The van der Waals surface area contributed by atoms with Gasteiger partial charge in [0.05, 0.1) is 23.2 Å². The lowest BCUT2D eigenvalue weighted by atomic mass is 9.96. The standard InChI is InChI=1S/C22H24N4O3/c1-2-29-21(27)16-7-9-17(10-8-16)23-22(28)26-13-11-15(12-14-26)20-24-18-5-3-4-6-19(18)25-20/h3-10,15H,2,11-14H2,1H3,(H,23,28)(H,24,25). The first-order chi connectivity index (χ1) is 14.1. The average molecular weight is 392 g/mol. The van der Waals surface area contributed by atoms with E-state index in [1.807, 2.05) is 29.2 Å². The van der Waals surface area contributed by atoms with Crippen LogP contribution in [0.25, 0.3) is 11.0 Å². The van der Waals surface area contributed by atoms with Crippen LogP contribution >= 0.6 is 0 Å². The van der Waals surface area contributed by atoms with Crippen molar-refractivity contribution in [1.29, 1.82) is 0 Å². The molecule has 2 N–H and O–H groups in total. The summed E-state index contributed by atoms with van der Waals surface area (Å²) in [5.74, 6) is 0.967. The van der Waals surface area contributed by atoms with E-state index in [0.717, 1.165) is 29.7 Å². The number of aromatic nitrogens is 2. The number of esters is 1. The van der Waals surface area contributed by atoms with Gasteiger partial charge in [0.25, 0.3) is 0 Å². The van der Waals surface area contributed by atoms with Crippen LogP contribution in [0.4, 0.5) is 10.5 Å². The third-order valence-electron chi connectivity index (χ3n) is 5.22. The summed E-state index contributed by atoms with van der Waals surface area (Å²) in [6, 6.07) is 14.6. The Hall–Kier alpha value is -3.35. The molecule has 150 valence electrons. The zero-order chi connectivity index (χ0) is 20.2. The fourth-order valence-electron chi connectivity index (χ4n) is 3.63. The Morgan fingerprint density at radius 3 is 2.55 bits per heavy atom. The van der Waals surface area contributed by atoms with Crippen LogP contribution in [0, 0.1) is 0 Å². The highest BCUT2D eigenvalue weighted by atomic mass is 16.5. The number of carbonyl (C=O) groups is 2. The zero-order valence-corrected chi connectivity index (χ0v) is 16.4. The summed E-state index contributed by atoms with van der Waals surface area (Å²) in [5.41, 5.74) is 3.15. The van der Waals surface area contributed by atoms with Crippen LogP contribution in [0.5, 0.6) is 0 Å². The van der Waals surface area contributed by atoms with E-state index >= 15 is 0 Å². The van der Waals surface area contributed by atoms with Gasteiger partial charge >= 0.3 is 12.0 Å². The second kappa shape index (κ2) is 8.34. The highest BCUT2D eigenvalue weighted by Gasteiger charge is 2.25. The van der Waals surface area contributed by atoms with Crippen LogP contribution in [0.3, 0.4) is 0 Å². The molecule has 4 rings (SSSR count). The number of aromatic amines is 1. The number of ether oxygens (including phenoxy) is 1. The van der Waals surface area contributed by atoms with E-state index in [4.69, 9.17) is 9.72 Å². The molecule has 0 unspecified atom stereocenters. The number of H-pyrrole nitrogens is 1. The average Bonchev–Trinajstić information content (AvgIpc) is 3.19. The largest absolute Gasteiger partial charge is 0.462 e. The highest BCUT2D eigenvalue weighted by molar-refractivity contribution is 5.92. The lowest BCUT2D eigenvalue weighted by molar-refractivity contribution is 0.0526. The summed E-state index contributed by atoms with van der Waals surface area (Å²) in [6.45, 7) is 3.45. The van der Waals surface area contributed by atoms with Gasteiger partial charge in [-0.25, -0.2) is 14.6 Å². The molecule has 2 heterocycles. The molecule has 7 nitrogen and oxygen atoms in total. The minimum atomic E-state index is -0.363. The van der Waals surface area contributed by atoms with Crippen molar-refractivity contribution in [2.45, 2.75) is 25.7 Å². The summed E-state index contributed by atoms with van der Waals surface area (Å²) in [4.78, 5) is 34.2. The monoisotopic (exact) mass is 392 g/mol. The molecule has 1 saturated heterocycles. The molecule has 1 aliphatic heterocycles. The number of carbonyl (C=O) groups excluding carboxylic acids is 2. The van der Waals surface area contributed by atoms with E-state index in [0.29, 0.717) is 36.9 Å². The van der Waals surface area contributed by atoms with Gasteiger partial charge in [0.1, 0.15) is 5.82 Å². The summed E-state index contributed by atoms with van der Waals surface area (Å²) < 4.78 is 4.97. The van der Waals surface area contributed by atoms with Gasteiger partial charge in [-0.15, -0.1) is 0 Å². The van der Waals surface area contributed by atoms with Gasteiger partial charge in [-0.05, 0) is 56.2 Å². The Morgan fingerprint density at radius 2 is 1.86 bits per heavy atom. The number of anilines is 1. The van der Waals surface area contributed by atoms with Crippen LogP contribution in [0.2, 0.25) is 0 Å². The van der Waals surface area contributed by atoms with E-state index in [2.05, 4.69) is 10.3 Å². The minimum Gasteiger partial charge on any atom is -0.462 e. The van der Waals surface area contributed by atoms with E-state index in [1.54, 1.807) is 31.2 Å². The maximum absolute atomic E-state index is 12.6. The molecule has 29 heavy (non-hydrogen) atoms. The predicted octanol–water partition coefficient (Wildman–Crippen LogP) is 4.15. The van der Waals surface area contributed by atoms with Crippen molar-refractivity contribution in [3.63, 3.8) is 0 Å². The molecular weight excluding hydrogens is 368 g/mol. The van der Waals surface area contributed by atoms with Crippen molar-refractivity contribution >= 4 is 28.7 Å². The van der Waals surface area contributed by atoms with Gasteiger partial charge in [0.15, 0.2) is 0 Å². The van der Waals surface area contributed by atoms with Crippen LogP contribution in [0.15, 0.2) is 48.5 Å². The molecule has 0 saturated carbocycles. The molecule has 0 spiro atoms. The van der Waals surface area contributed by atoms with Crippen molar-refractivity contribution in [3.8, 4) is 0 Å². The number of rotatable bonds is 4. The highest BCUT2D eigenvalue weighted by Crippen LogP contribution is 2.28. The molecule has 0 atom stereocenters. The van der Waals surface area contributed by atoms with Gasteiger partial charge in [-0.2, -0.15) is 0 Å². The molecule has 0 bridgehead atoms. The lowest BCUT2D eigenvalue weighted by Gasteiger charge is -2.31. The van der Waals surface area contributed by atoms with Gasteiger partial charge in [-0.3, -0.25) is 0 Å². The lowest BCUT2D eigenvalue weighted by Crippen LogP contribution is -2.40. The Labute approximate surface area is 169 Å². The van der Waals surface area contributed by atoms with E-state index in [9.17, 15) is 9.59 Å². The number of benzene rings is 2. The second-order valence-electron chi connectivity index (χ2n) is 7.13. The van der Waals surface area contributed by atoms with Crippen LogP contribution in [-0.2, 0) is 4.74 Å². The SMILES string of the molecule is CCOC(=O)c1ccc(NC(=O)N2CCC(c3nc4ccccc4[nH]3)CC2)cc1. The normalized spacial score (nSPS) is 14.7. The Kier molecular flexibility index (Phi) is 5.46. The molecule has 1 aromatic heterocycles. The molecule has 7 heteroatoms. The van der Waals surface area contributed by atoms with Gasteiger partial charge in [-0.1, -0.05) is 12.1 Å². The summed E-state index contributed by atoms with van der Waals surface area (Å²) in [5, 5.41) is 2.90. The molecule has 0 aliphatic carbocycles. The molecule has 3 aromatic rings. The number of hydrogen-bond donors (Lipinski definition) is 2. The number of hydrogen-bond acceptors (Lipinski definition) is 4. The van der Waals surface area contributed by atoms with Crippen molar-refractivity contribution in [3.05, 3.63) is 59.9 Å². The van der Waals surface area contributed by atoms with Crippen LogP contribution < -0.4 is 5.32 Å². The third-order valence-corrected chi connectivity index (χ3v) is 5.22. The number of nitrogens with zero attached hydrogens (tertiary/aromatic N) is 2. The van der Waals surface area contributed by atoms with E-state index in [1.165, 1.54) is 0 Å². The van der Waals surface area contributed by atoms with E-state index < -0.39 is 0 Å². The Balaban J connectivity index is 1.32. The number of para-hydroxylation sites is 2. The number of piperidine rings is 1. The second-order valence-corrected chi connectivity index (χ2v) is 7.13. The molecule has 2 amide bonds. The number of imidazole rings is 1. The fraction of sp³-hybridized carbons (Fsp3) is 0.318. The molecule has 2 aromatic carbocycles. The first kappa shape index (κ1) is 19.0. The minimum absolute atomic E-state index is 0.128. The number of urea groups is 1. The van der Waals surface area contributed by atoms with Crippen molar-refractivity contribution < 1.29 is 14.3 Å². The third kappa shape index (κ3) is 4.23. The number of nitrogens with one attached hydrogen (secondary N) is 2. The number of fused-ring (bicyclic) bond motifs is 1. The Bertz CT molecular complexity index is 971. The maximum Gasteiger partial charge on any atom is 0.338 e. The van der Waals surface area contributed by atoms with Crippen molar-refractivity contribution in [1.82, 2.24) is 14.9 Å². The topological polar surface area (TPSA) is 87.3 Å². The summed E-state index contributed by atoms with van der Waals surface area (Å²) in [6.07, 6.45) is 1.74. The fourth-order valence-corrected chi connectivity index (χ4v) is 3.63. The quantitative estimate of drug-likeness (QED) is 0.653. The molecule has 1 fully saturated rings. The Morgan fingerprint density at radius 1 is 1.14 bits per heavy atom. The summed E-state index contributed by atoms with van der Waals surface area (Å²) in [7, 11) is 0. The summed E-state index contributed by atoms with van der Waals surface area (Å²) >= 11 is 0. The van der Waals surface area contributed by atoms with E-state index in [-0.39, 0.29) is 12.0 Å². The zero-order valence-electron chi connectivity index (χ0n) is 16.4. The molecular formula is C22H24N4O3. The van der Waals surface area contributed by atoms with Crippen molar-refractivity contribution in [2.75, 3.05) is 25.0 Å². The smallest absolute Gasteiger partial charge is 0.338 e. The van der Waals surface area contributed by atoms with Gasteiger partial charge < -0.3 is 19.9 Å². The molecule has 0 radical (unpaired) electrons.